The smallest absolute Gasteiger partial charge is 0.306 e. The number of ketones is 1. The van der Waals surface area contributed by atoms with Crippen molar-refractivity contribution in [3.05, 3.63) is 105 Å². The molecule has 0 saturated heterocycles. The van der Waals surface area contributed by atoms with Crippen LogP contribution < -0.4 is 24.8 Å². The van der Waals surface area contributed by atoms with Crippen molar-refractivity contribution < 1.29 is 48.1 Å². The number of ether oxygens (including phenoxy) is 4. The van der Waals surface area contributed by atoms with Gasteiger partial charge in [0.15, 0.2) is 18.0 Å². The predicted molar refractivity (Wildman–Crippen MR) is 217 cm³/mol. The van der Waals surface area contributed by atoms with Crippen LogP contribution in [0.3, 0.4) is 0 Å². The van der Waals surface area contributed by atoms with Gasteiger partial charge in [-0.05, 0) is 50.6 Å². The molecule has 15 nitrogen and oxygen atoms in total. The molecule has 0 spiro atoms. The van der Waals surface area contributed by atoms with Crippen molar-refractivity contribution in [3.8, 4) is 23.6 Å². The molecule has 2 N–H and O–H groups in total. The van der Waals surface area contributed by atoms with Gasteiger partial charge in [-0.3, -0.25) is 14.4 Å². The van der Waals surface area contributed by atoms with E-state index in [1.807, 2.05) is 60.1 Å². The molecule has 59 heavy (non-hydrogen) atoms. The van der Waals surface area contributed by atoms with E-state index in [0.29, 0.717) is 24.2 Å². The first-order chi connectivity index (χ1) is 28.6. The number of aliphatic hydroxyl groups excluding tert-OH is 2. The third-order valence-corrected chi connectivity index (χ3v) is 9.61. The summed E-state index contributed by atoms with van der Waals surface area (Å²) in [7, 11) is 0. The number of likely N-dealkylation sites (N-methyl/N-ethyl adjacent to an activating group) is 1. The summed E-state index contributed by atoms with van der Waals surface area (Å²) in [5, 5.41) is 39.0. The fraction of sp³-hybridized carbons (Fsp3) is 0.364. The van der Waals surface area contributed by atoms with E-state index in [1.54, 1.807) is 12.1 Å². The molecule has 2 aromatic carbocycles. The Labute approximate surface area is 342 Å². The first-order valence-corrected chi connectivity index (χ1v) is 19.1. The molecular formula is C44H45N6O9+. The zero-order valence-corrected chi connectivity index (χ0v) is 33.1. The van der Waals surface area contributed by atoms with Crippen LogP contribution in [-0.4, -0.2) is 97.4 Å². The summed E-state index contributed by atoms with van der Waals surface area (Å²) in [4.78, 5) is 46.6. The van der Waals surface area contributed by atoms with Crippen LogP contribution >= 0.6 is 0 Å². The summed E-state index contributed by atoms with van der Waals surface area (Å²) >= 11 is 0. The lowest BCUT2D eigenvalue weighted by Crippen LogP contribution is -2.36. The lowest BCUT2D eigenvalue weighted by Gasteiger charge is -2.32. The van der Waals surface area contributed by atoms with E-state index in [1.165, 1.54) is 12.1 Å². The zero-order chi connectivity index (χ0) is 42.9. The third kappa shape index (κ3) is 11.0. The summed E-state index contributed by atoms with van der Waals surface area (Å²) in [6.07, 6.45) is 7.06. The molecule has 0 fully saturated rings. The van der Waals surface area contributed by atoms with E-state index in [0.717, 1.165) is 24.5 Å². The maximum atomic E-state index is 13.2. The molecule has 0 aliphatic heterocycles. The summed E-state index contributed by atoms with van der Waals surface area (Å²) in [6.45, 7) is 22.5. The van der Waals surface area contributed by atoms with E-state index in [9.17, 15) is 35.1 Å². The van der Waals surface area contributed by atoms with Gasteiger partial charge in [-0.2, -0.15) is 0 Å². The van der Waals surface area contributed by atoms with E-state index >= 15 is 0 Å². The molecule has 4 rings (SSSR count). The number of hydrogen-bond donors (Lipinski definition) is 2. The van der Waals surface area contributed by atoms with Crippen molar-refractivity contribution in [1.82, 2.24) is 0 Å². The van der Waals surface area contributed by atoms with Gasteiger partial charge in [-0.1, -0.05) is 24.3 Å². The quantitative estimate of drug-likeness (QED) is 0.0910. The minimum atomic E-state index is -0.693. The number of Topliss-reactive ketones (excluding diaryl/α,β-unsaturated/α-hetero) is 1. The number of nitrogens with zero attached hydrogens (tertiary/aromatic N) is 6. The van der Waals surface area contributed by atoms with Crippen molar-refractivity contribution in [1.29, 1.82) is 10.5 Å². The summed E-state index contributed by atoms with van der Waals surface area (Å²) in [5.41, 5.74) is 2.25. The van der Waals surface area contributed by atoms with E-state index < -0.39 is 17.9 Å². The number of rotatable bonds is 19. The molecule has 1 unspecified atom stereocenters. The van der Waals surface area contributed by atoms with Crippen LogP contribution in [0.25, 0.3) is 26.7 Å². The minimum Gasteiger partial charge on any atom is -0.511 e. The average Bonchev–Trinajstić information content (AvgIpc) is 3.25. The summed E-state index contributed by atoms with van der Waals surface area (Å²) in [5.74, 6) is -2.30. The van der Waals surface area contributed by atoms with Crippen LogP contribution in [0.15, 0.2) is 66.5 Å². The number of carbonyl (C=O) groups is 3. The molecule has 2 aliphatic rings. The standard InChI is InChI=1S/C44H44N6O9/c1-6-49(7-2)31-13-9-29(10-14-31)41-43(54)42(44(41)55)30-11-15-32(16-12-30)50(8-3)19-21-58-39(52)17-18-40(53)59-24-23-57-38-26-33(35(27-45)47-4)37(56-22-20-51)25-34(38)36(28-46)48-5/h9-16,25-26,30,42,51H,6-8,17-24H2,1-3H3/p+1/b35-33+,36-34-,50-32?. The molecular weight excluding hydrogens is 757 g/mol. The lowest BCUT2D eigenvalue weighted by molar-refractivity contribution is -0.524. The summed E-state index contributed by atoms with van der Waals surface area (Å²) < 4.78 is 23.6. The Kier molecular flexibility index (Phi) is 16.5. The molecule has 0 saturated carbocycles. The second kappa shape index (κ2) is 21.9. The first kappa shape index (κ1) is 44.5. The fourth-order valence-corrected chi connectivity index (χ4v) is 6.54. The molecule has 0 aromatic heterocycles. The fourth-order valence-electron chi connectivity index (χ4n) is 6.54. The molecule has 2 aliphatic carbocycles. The van der Waals surface area contributed by atoms with Crippen LogP contribution in [0.2, 0.25) is 0 Å². The van der Waals surface area contributed by atoms with Crippen molar-refractivity contribution in [2.45, 2.75) is 33.6 Å². The Bertz CT molecular complexity index is 2300. The van der Waals surface area contributed by atoms with Gasteiger partial charge in [0.05, 0.1) is 56.2 Å². The Morgan fingerprint density at radius 1 is 0.847 bits per heavy atom. The van der Waals surface area contributed by atoms with Gasteiger partial charge >= 0.3 is 11.9 Å². The Hall–Kier alpha value is -7.20. The zero-order valence-electron chi connectivity index (χ0n) is 33.1. The molecule has 2 aromatic rings. The van der Waals surface area contributed by atoms with Crippen LogP contribution in [-0.2, 0) is 23.9 Å². The third-order valence-electron chi connectivity index (χ3n) is 9.61. The van der Waals surface area contributed by atoms with Gasteiger partial charge in [0.2, 0.25) is 0 Å². The van der Waals surface area contributed by atoms with Crippen molar-refractivity contribution >= 4 is 46.1 Å². The normalized spacial score (nSPS) is 16.3. The predicted octanol–water partition coefficient (Wildman–Crippen LogP) is 3.64. The Morgan fingerprint density at radius 3 is 1.86 bits per heavy atom. The topological polar surface area (TPSA) is 191 Å². The molecule has 0 bridgehead atoms. The number of carbonyl (C=O) groups excluding carboxylic acids is 3. The number of esters is 2. The molecule has 0 radical (unpaired) electrons. The van der Waals surface area contributed by atoms with Crippen molar-refractivity contribution in [3.63, 3.8) is 0 Å². The molecule has 0 amide bonds. The maximum absolute atomic E-state index is 13.2. The second-order valence-electron chi connectivity index (χ2n) is 13.0. The second-order valence-corrected chi connectivity index (χ2v) is 13.0. The lowest BCUT2D eigenvalue weighted by atomic mass is 9.71. The molecule has 15 heteroatoms. The highest BCUT2D eigenvalue weighted by atomic mass is 16.6. The number of anilines is 1. The van der Waals surface area contributed by atoms with Crippen LogP contribution in [0.1, 0.15) is 39.2 Å². The van der Waals surface area contributed by atoms with Crippen molar-refractivity contribution in [2.24, 2.45) is 11.8 Å². The first-order valence-electron chi connectivity index (χ1n) is 19.1. The van der Waals surface area contributed by atoms with Crippen LogP contribution in [0.5, 0.6) is 11.5 Å². The number of nitriles is 2. The maximum Gasteiger partial charge on any atom is 0.306 e. The Morgan fingerprint density at radius 2 is 1.39 bits per heavy atom. The van der Waals surface area contributed by atoms with E-state index in [4.69, 9.17) is 32.1 Å². The molecule has 1 atom stereocenters. The minimum absolute atomic E-state index is 0.00837. The van der Waals surface area contributed by atoms with Gasteiger partial charge in [0, 0.05) is 47.3 Å². The van der Waals surface area contributed by atoms with E-state index in [-0.39, 0.29) is 96.7 Å². The number of aliphatic hydroxyl groups is 2. The highest BCUT2D eigenvalue weighted by Crippen LogP contribution is 2.42. The number of benzene rings is 2. The largest absolute Gasteiger partial charge is 0.511 e. The van der Waals surface area contributed by atoms with Crippen LogP contribution in [0.4, 0.5) is 5.69 Å². The van der Waals surface area contributed by atoms with E-state index in [2.05, 4.69) is 28.4 Å². The molecule has 304 valence electrons. The number of allylic oxidation sites excluding steroid dienone is 6. The summed E-state index contributed by atoms with van der Waals surface area (Å²) in [6, 6.07) is 13.7. The highest BCUT2D eigenvalue weighted by molar-refractivity contribution is 6.30. The SMILES string of the molecule is [C-]#[N+]/C(C#N)=c1/cc(OCCO)/c(=C(\C#N)[N+]#[C-])cc1OCCOC(=O)CCC(=O)OCC[N+](CC)=C1C=CC(C2C(=O)C(c3ccc(N(CC)CC)cc3)=C2O)C=C1. The van der Waals surface area contributed by atoms with Gasteiger partial charge in [0.25, 0.3) is 11.4 Å². The Balaban J connectivity index is 1.25. The van der Waals surface area contributed by atoms with Gasteiger partial charge in [-0.25, -0.2) is 24.8 Å². The number of hydrogen-bond acceptors (Lipinski definition) is 12. The van der Waals surface area contributed by atoms with Gasteiger partial charge in [-0.15, -0.1) is 0 Å². The monoisotopic (exact) mass is 801 g/mol. The van der Waals surface area contributed by atoms with Crippen LogP contribution in [0, 0.1) is 47.6 Å². The highest BCUT2D eigenvalue weighted by Gasteiger charge is 2.44. The molecule has 0 heterocycles. The van der Waals surface area contributed by atoms with Crippen molar-refractivity contribution in [2.75, 3.05) is 64.1 Å². The van der Waals surface area contributed by atoms with Gasteiger partial charge in [0.1, 0.15) is 50.2 Å². The average molecular weight is 802 g/mol. The van der Waals surface area contributed by atoms with Gasteiger partial charge < -0.3 is 34.1 Å².